The number of azo groups is 1. The monoisotopic (exact) mass is 486 g/mol. The largest absolute Gasteiger partial charge is 0.508 e. The Morgan fingerprint density at radius 2 is 1.50 bits per heavy atom. The number of phenols is 4. The highest BCUT2D eigenvalue weighted by molar-refractivity contribution is 6.32. The second kappa shape index (κ2) is 7.14. The van der Waals surface area contributed by atoms with Crippen LogP contribution < -0.4 is 4.74 Å². The van der Waals surface area contributed by atoms with Crippen LogP contribution in [-0.4, -0.2) is 45.0 Å². The molecule has 0 saturated carbocycles. The number of benzene rings is 3. The fourth-order valence-electron chi connectivity index (χ4n) is 5.47. The van der Waals surface area contributed by atoms with Crippen molar-refractivity contribution in [3.05, 3.63) is 62.2 Å². The zero-order chi connectivity index (χ0) is 25.6. The van der Waals surface area contributed by atoms with E-state index in [0.29, 0.717) is 29.5 Å². The van der Waals surface area contributed by atoms with Gasteiger partial charge in [0.1, 0.15) is 28.7 Å². The first kappa shape index (κ1) is 21.8. The number of hydrogen-bond acceptors (Lipinski definition) is 9. The summed E-state index contributed by atoms with van der Waals surface area (Å²) in [6.07, 6.45) is 0.689. The number of nitrogens with zero attached hydrogens (tertiary/aromatic N) is 2. The Labute approximate surface area is 203 Å². The van der Waals surface area contributed by atoms with Gasteiger partial charge in [-0.15, -0.1) is 5.11 Å². The molecule has 0 spiro atoms. The van der Waals surface area contributed by atoms with Crippen molar-refractivity contribution in [2.75, 3.05) is 7.11 Å². The number of carbonyl (C=O) groups is 3. The van der Waals surface area contributed by atoms with E-state index in [9.17, 15) is 34.8 Å². The average Bonchev–Trinajstić information content (AvgIpc) is 2.85. The van der Waals surface area contributed by atoms with Crippen molar-refractivity contribution in [3.63, 3.8) is 0 Å². The first-order valence-electron chi connectivity index (χ1n) is 11.1. The van der Waals surface area contributed by atoms with Gasteiger partial charge in [-0.25, -0.2) is 0 Å². The molecule has 0 radical (unpaired) electrons. The predicted molar refractivity (Wildman–Crippen MR) is 123 cm³/mol. The molecule has 0 atom stereocenters. The van der Waals surface area contributed by atoms with Gasteiger partial charge in [-0.3, -0.25) is 14.4 Å². The number of phenolic OH excluding ortho intramolecular Hbond substituents is 4. The number of aryl methyl sites for hydroxylation is 1. The molecule has 0 aromatic heterocycles. The van der Waals surface area contributed by atoms with E-state index in [4.69, 9.17) is 4.74 Å². The Kier molecular flexibility index (Phi) is 4.32. The third-order valence-electron chi connectivity index (χ3n) is 7.16. The van der Waals surface area contributed by atoms with Crippen molar-refractivity contribution in [1.82, 2.24) is 0 Å². The lowest BCUT2D eigenvalue weighted by molar-refractivity contribution is 0.0971. The molecular weight excluding hydrogens is 468 g/mol. The van der Waals surface area contributed by atoms with Crippen LogP contribution in [0.3, 0.4) is 0 Å². The molecule has 36 heavy (non-hydrogen) atoms. The summed E-state index contributed by atoms with van der Waals surface area (Å²) < 4.78 is 5.59. The Balaban J connectivity index is 1.71. The lowest BCUT2D eigenvalue weighted by Crippen LogP contribution is -2.24. The smallest absolute Gasteiger partial charge is 0.299 e. The topological polar surface area (TPSA) is 166 Å². The highest BCUT2D eigenvalue weighted by Gasteiger charge is 2.42. The number of carbonyl (C=O) groups excluding carboxylic acids is 3. The predicted octanol–water partition coefficient (Wildman–Crippen LogP) is 3.47. The van der Waals surface area contributed by atoms with Gasteiger partial charge in [0.05, 0.1) is 35.9 Å². The second-order valence-electron chi connectivity index (χ2n) is 8.93. The van der Waals surface area contributed by atoms with Gasteiger partial charge in [-0.2, -0.15) is 5.11 Å². The van der Waals surface area contributed by atoms with Gasteiger partial charge in [-0.1, -0.05) is 6.07 Å². The first-order valence-corrected chi connectivity index (χ1v) is 11.1. The third-order valence-corrected chi connectivity index (χ3v) is 7.16. The summed E-state index contributed by atoms with van der Waals surface area (Å²) in [5, 5.41) is 50.7. The van der Waals surface area contributed by atoms with Crippen LogP contribution in [0.5, 0.6) is 28.7 Å². The quantitative estimate of drug-likeness (QED) is 0.317. The number of hydrogen-bond donors (Lipinski definition) is 4. The van der Waals surface area contributed by atoms with E-state index in [1.54, 1.807) is 6.07 Å². The number of fused-ring (bicyclic) bond motifs is 6. The fourth-order valence-corrected chi connectivity index (χ4v) is 5.47. The lowest BCUT2D eigenvalue weighted by Gasteiger charge is -2.30. The molecule has 0 saturated heterocycles. The SMILES string of the molecule is COc1c2c(c(O)c3c1C(=O)c1c(cc(O)c(C)c1O)C3=O)-c1c(cc3c(c1O)C(=O)N=NC3)CC2. The van der Waals surface area contributed by atoms with E-state index in [1.165, 1.54) is 14.0 Å². The number of aromatic hydroxyl groups is 4. The number of ketones is 2. The maximum absolute atomic E-state index is 13.6. The van der Waals surface area contributed by atoms with Crippen molar-refractivity contribution < 1.29 is 39.5 Å². The molecule has 6 rings (SSSR count). The minimum Gasteiger partial charge on any atom is -0.508 e. The van der Waals surface area contributed by atoms with E-state index in [0.717, 1.165) is 6.07 Å². The number of ether oxygens (including phenoxy) is 1. The minimum absolute atomic E-state index is 0.0284. The molecule has 0 bridgehead atoms. The van der Waals surface area contributed by atoms with Gasteiger partial charge in [0, 0.05) is 27.8 Å². The van der Waals surface area contributed by atoms with Gasteiger partial charge in [-0.05, 0) is 37.0 Å². The van der Waals surface area contributed by atoms with Crippen LogP contribution in [-0.2, 0) is 19.4 Å². The summed E-state index contributed by atoms with van der Waals surface area (Å²) in [5.41, 5.74) is 0.585. The summed E-state index contributed by atoms with van der Waals surface area (Å²) in [5.74, 6) is -4.13. The molecule has 1 amide bonds. The Morgan fingerprint density at radius 1 is 0.778 bits per heavy atom. The molecule has 2 aliphatic carbocycles. The fraction of sp³-hybridized carbons (Fsp3) is 0.192. The zero-order valence-electron chi connectivity index (χ0n) is 19.1. The van der Waals surface area contributed by atoms with Crippen molar-refractivity contribution >= 4 is 17.5 Å². The standard InChI is InChI=1S/C26H18N2O8/c1-8-13(29)6-12-17(20(8)30)24(34)19-18(21(12)31)23(33)16-11(25(19)36-2)4-3-9-5-10-7-27-28-26(35)15(10)22(32)14(9)16/h5-6,29-30,32-33H,3-4,7H2,1-2H3. The van der Waals surface area contributed by atoms with Gasteiger partial charge in [0.25, 0.3) is 5.91 Å². The summed E-state index contributed by atoms with van der Waals surface area (Å²) in [6, 6.07) is 2.79. The summed E-state index contributed by atoms with van der Waals surface area (Å²) in [6.45, 7) is 1.52. The number of rotatable bonds is 1. The van der Waals surface area contributed by atoms with Crippen LogP contribution in [0.2, 0.25) is 0 Å². The summed E-state index contributed by atoms with van der Waals surface area (Å²) in [4.78, 5) is 39.6. The van der Waals surface area contributed by atoms with E-state index >= 15 is 0 Å². The van der Waals surface area contributed by atoms with E-state index < -0.39 is 34.7 Å². The molecule has 180 valence electrons. The van der Waals surface area contributed by atoms with Crippen molar-refractivity contribution in [2.24, 2.45) is 10.2 Å². The molecule has 3 aliphatic rings. The molecule has 3 aromatic rings. The van der Waals surface area contributed by atoms with E-state index in [2.05, 4.69) is 10.2 Å². The van der Waals surface area contributed by atoms with Crippen LogP contribution in [0, 0.1) is 6.92 Å². The number of methoxy groups -OCH3 is 1. The number of amides is 1. The molecule has 1 aliphatic heterocycles. The highest BCUT2D eigenvalue weighted by Crippen LogP contribution is 2.54. The first-order chi connectivity index (χ1) is 17.2. The summed E-state index contributed by atoms with van der Waals surface area (Å²) >= 11 is 0. The lowest BCUT2D eigenvalue weighted by atomic mass is 9.74. The van der Waals surface area contributed by atoms with Crippen LogP contribution in [0.4, 0.5) is 0 Å². The molecule has 0 fully saturated rings. The highest BCUT2D eigenvalue weighted by atomic mass is 16.5. The van der Waals surface area contributed by atoms with Crippen molar-refractivity contribution in [2.45, 2.75) is 26.3 Å². The molecule has 10 nitrogen and oxygen atoms in total. The normalized spacial score (nSPS) is 15.1. The van der Waals surface area contributed by atoms with Gasteiger partial charge in [0.2, 0.25) is 5.78 Å². The molecule has 10 heteroatoms. The van der Waals surface area contributed by atoms with Crippen molar-refractivity contribution in [1.29, 1.82) is 0 Å². The Hall–Kier alpha value is -4.73. The molecular formula is C26H18N2O8. The van der Waals surface area contributed by atoms with Crippen LogP contribution >= 0.6 is 0 Å². The van der Waals surface area contributed by atoms with Gasteiger partial charge >= 0.3 is 0 Å². The van der Waals surface area contributed by atoms with Gasteiger partial charge in [0.15, 0.2) is 5.78 Å². The van der Waals surface area contributed by atoms with Crippen molar-refractivity contribution in [3.8, 4) is 39.9 Å². The molecule has 0 unspecified atom stereocenters. The van der Waals surface area contributed by atoms with Crippen LogP contribution in [0.1, 0.15) is 64.5 Å². The molecule has 4 N–H and O–H groups in total. The van der Waals surface area contributed by atoms with Crippen LogP contribution in [0.15, 0.2) is 22.4 Å². The Morgan fingerprint density at radius 3 is 2.22 bits per heavy atom. The second-order valence-corrected chi connectivity index (χ2v) is 8.93. The van der Waals surface area contributed by atoms with E-state index in [1.807, 2.05) is 0 Å². The summed E-state index contributed by atoms with van der Waals surface area (Å²) in [7, 11) is 1.31. The molecule has 1 heterocycles. The van der Waals surface area contributed by atoms with Gasteiger partial charge < -0.3 is 25.2 Å². The average molecular weight is 486 g/mol. The van der Waals surface area contributed by atoms with E-state index in [-0.39, 0.29) is 62.6 Å². The van der Waals surface area contributed by atoms with Crippen LogP contribution in [0.25, 0.3) is 11.1 Å². The Bertz CT molecular complexity index is 1650. The third kappa shape index (κ3) is 2.52. The maximum atomic E-state index is 13.6. The zero-order valence-corrected chi connectivity index (χ0v) is 19.1. The molecule has 3 aromatic carbocycles. The maximum Gasteiger partial charge on any atom is 0.299 e. The minimum atomic E-state index is -0.807.